The van der Waals surface area contributed by atoms with Gasteiger partial charge in [-0.3, -0.25) is 4.90 Å². The third-order valence-electron chi connectivity index (χ3n) is 4.22. The lowest BCUT2D eigenvalue weighted by Gasteiger charge is -2.22. The average molecular weight is 342 g/mol. The van der Waals surface area contributed by atoms with E-state index in [0.717, 1.165) is 0 Å². The maximum absolute atomic E-state index is 12.9. The number of nitrogens with zero attached hydrogens (tertiary/aromatic N) is 6. The highest BCUT2D eigenvalue weighted by Crippen LogP contribution is 2.29. The summed E-state index contributed by atoms with van der Waals surface area (Å²) in [6, 6.07) is 3.03. The molecule has 1 unspecified atom stereocenters. The van der Waals surface area contributed by atoms with Gasteiger partial charge in [0, 0.05) is 13.1 Å². The number of cyclic esters (lactones) is 1. The summed E-state index contributed by atoms with van der Waals surface area (Å²) in [6.07, 6.45) is -4.26. The molecular weight excluding hydrogens is 329 g/mol. The number of ether oxygens (including phenoxy) is 1. The topological polar surface area (TPSA) is 75.9 Å². The quantitative estimate of drug-likeness (QED) is 0.816. The minimum atomic E-state index is -4.63. The first-order chi connectivity index (χ1) is 11.4. The van der Waals surface area contributed by atoms with Crippen LogP contribution in [0.4, 0.5) is 23.8 Å². The number of amides is 1. The number of rotatable bonds is 2. The molecule has 0 radical (unpaired) electrons. The first kappa shape index (κ1) is 15.0. The molecule has 4 heterocycles. The second-order valence-electron chi connectivity index (χ2n) is 5.68. The number of aromatic nitrogens is 4. The molecule has 2 aliphatic heterocycles. The van der Waals surface area contributed by atoms with Crippen molar-refractivity contribution in [2.45, 2.75) is 18.6 Å². The molecule has 0 bridgehead atoms. The molecule has 0 N–H and O–H groups in total. The fourth-order valence-corrected chi connectivity index (χ4v) is 3.07. The van der Waals surface area contributed by atoms with Crippen LogP contribution in [0.15, 0.2) is 12.1 Å². The van der Waals surface area contributed by atoms with Crippen LogP contribution < -0.4 is 4.90 Å². The van der Waals surface area contributed by atoms with E-state index in [9.17, 15) is 18.0 Å². The fraction of sp³-hybridized carbons (Fsp3) is 0.538. The molecule has 8 nitrogen and oxygen atoms in total. The Morgan fingerprint density at radius 2 is 2.04 bits per heavy atom. The van der Waals surface area contributed by atoms with Crippen LogP contribution in [0.2, 0.25) is 0 Å². The second-order valence-corrected chi connectivity index (χ2v) is 5.68. The van der Waals surface area contributed by atoms with Crippen LogP contribution in [0.25, 0.3) is 5.65 Å². The Morgan fingerprint density at radius 3 is 2.75 bits per heavy atom. The molecule has 11 heteroatoms. The SMILES string of the molecule is O=C1OCCN1C1CCN(c2ccc3nnc(C(F)(F)F)n3n2)C1. The molecule has 128 valence electrons. The zero-order valence-electron chi connectivity index (χ0n) is 12.4. The largest absolute Gasteiger partial charge is 0.453 e. The van der Waals surface area contributed by atoms with Gasteiger partial charge in [0.15, 0.2) is 5.65 Å². The highest BCUT2D eigenvalue weighted by Gasteiger charge is 2.38. The Hall–Kier alpha value is -2.59. The summed E-state index contributed by atoms with van der Waals surface area (Å²) in [6.45, 7) is 2.00. The minimum Gasteiger partial charge on any atom is -0.448 e. The first-order valence-corrected chi connectivity index (χ1v) is 7.41. The monoisotopic (exact) mass is 342 g/mol. The number of halogens is 3. The van der Waals surface area contributed by atoms with Crippen LogP contribution in [0.5, 0.6) is 0 Å². The van der Waals surface area contributed by atoms with E-state index < -0.39 is 12.0 Å². The van der Waals surface area contributed by atoms with Crippen molar-refractivity contribution in [2.75, 3.05) is 31.1 Å². The molecule has 0 saturated carbocycles. The normalized spacial score (nSPS) is 21.8. The number of carbonyl (C=O) groups is 1. The van der Waals surface area contributed by atoms with Gasteiger partial charge in [0.25, 0.3) is 5.82 Å². The van der Waals surface area contributed by atoms with E-state index >= 15 is 0 Å². The number of alkyl halides is 3. The summed E-state index contributed by atoms with van der Waals surface area (Å²) in [7, 11) is 0. The lowest BCUT2D eigenvalue weighted by atomic mass is 10.2. The zero-order chi connectivity index (χ0) is 16.9. The third-order valence-corrected chi connectivity index (χ3v) is 4.22. The summed E-state index contributed by atoms with van der Waals surface area (Å²) in [4.78, 5) is 15.1. The van der Waals surface area contributed by atoms with Gasteiger partial charge in [-0.05, 0) is 18.6 Å². The fourth-order valence-electron chi connectivity index (χ4n) is 3.07. The number of anilines is 1. The molecule has 2 aromatic rings. The molecule has 2 aliphatic rings. The smallest absolute Gasteiger partial charge is 0.448 e. The maximum atomic E-state index is 12.9. The number of hydrogen-bond acceptors (Lipinski definition) is 6. The van der Waals surface area contributed by atoms with Gasteiger partial charge in [-0.15, -0.1) is 15.3 Å². The van der Waals surface area contributed by atoms with Gasteiger partial charge in [-0.1, -0.05) is 0 Å². The van der Waals surface area contributed by atoms with Gasteiger partial charge in [0.1, 0.15) is 12.4 Å². The zero-order valence-corrected chi connectivity index (χ0v) is 12.4. The summed E-state index contributed by atoms with van der Waals surface area (Å²) in [5, 5.41) is 10.7. The highest BCUT2D eigenvalue weighted by molar-refractivity contribution is 5.70. The van der Waals surface area contributed by atoms with Crippen molar-refractivity contribution in [3.8, 4) is 0 Å². The van der Waals surface area contributed by atoms with Gasteiger partial charge < -0.3 is 9.64 Å². The molecule has 2 fully saturated rings. The van der Waals surface area contributed by atoms with Crippen LogP contribution >= 0.6 is 0 Å². The van der Waals surface area contributed by atoms with Gasteiger partial charge in [0.2, 0.25) is 0 Å². The summed E-state index contributed by atoms with van der Waals surface area (Å²) < 4.78 is 44.4. The van der Waals surface area contributed by atoms with E-state index in [2.05, 4.69) is 15.3 Å². The Kier molecular flexibility index (Phi) is 3.25. The molecule has 1 amide bonds. The molecule has 24 heavy (non-hydrogen) atoms. The number of carbonyl (C=O) groups excluding carboxylic acids is 1. The number of hydrogen-bond donors (Lipinski definition) is 0. The van der Waals surface area contributed by atoms with Crippen LogP contribution in [-0.2, 0) is 10.9 Å². The Balaban J connectivity index is 1.59. The summed E-state index contributed by atoms with van der Waals surface area (Å²) >= 11 is 0. The van der Waals surface area contributed by atoms with Crippen LogP contribution in [0, 0.1) is 0 Å². The van der Waals surface area contributed by atoms with Crippen LogP contribution in [-0.4, -0.2) is 63.1 Å². The van der Waals surface area contributed by atoms with E-state index in [1.165, 1.54) is 6.07 Å². The Morgan fingerprint density at radius 1 is 1.21 bits per heavy atom. The van der Waals surface area contributed by atoms with Crippen molar-refractivity contribution in [3.05, 3.63) is 18.0 Å². The predicted molar refractivity (Wildman–Crippen MR) is 74.5 cm³/mol. The van der Waals surface area contributed by atoms with Crippen molar-refractivity contribution in [2.24, 2.45) is 0 Å². The molecule has 4 rings (SSSR count). The molecule has 2 aromatic heterocycles. The molecule has 1 atom stereocenters. The highest BCUT2D eigenvalue weighted by atomic mass is 19.4. The van der Waals surface area contributed by atoms with Gasteiger partial charge in [-0.2, -0.15) is 17.7 Å². The standard InChI is InChI=1S/C13H13F3N6O2/c14-13(15,16)11-18-17-9-1-2-10(19-22(9)11)20-4-3-8(7-20)21-5-6-24-12(21)23/h1-2,8H,3-7H2. The average Bonchev–Trinajstić information content (AvgIpc) is 3.23. The van der Waals surface area contributed by atoms with E-state index in [1.807, 2.05) is 4.90 Å². The van der Waals surface area contributed by atoms with Crippen molar-refractivity contribution in [1.29, 1.82) is 0 Å². The van der Waals surface area contributed by atoms with Gasteiger partial charge >= 0.3 is 12.3 Å². The molecule has 2 saturated heterocycles. The number of fused-ring (bicyclic) bond motifs is 1. The first-order valence-electron chi connectivity index (χ1n) is 7.41. The van der Waals surface area contributed by atoms with Crippen LogP contribution in [0.3, 0.4) is 0 Å². The molecule has 0 aliphatic carbocycles. The summed E-state index contributed by atoms with van der Waals surface area (Å²) in [5.41, 5.74) is 0.0324. The maximum Gasteiger partial charge on any atom is 0.453 e. The van der Waals surface area contributed by atoms with E-state index in [0.29, 0.717) is 43.0 Å². The van der Waals surface area contributed by atoms with Crippen molar-refractivity contribution in [1.82, 2.24) is 24.7 Å². The minimum absolute atomic E-state index is 0.0273. The molecular formula is C13H13F3N6O2. The molecule has 0 aromatic carbocycles. The lowest BCUT2D eigenvalue weighted by Crippen LogP contribution is -2.38. The second kappa shape index (κ2) is 5.21. The lowest BCUT2D eigenvalue weighted by molar-refractivity contribution is -0.146. The van der Waals surface area contributed by atoms with Gasteiger partial charge in [-0.25, -0.2) is 4.79 Å². The predicted octanol–water partition coefficient (Wildman–Crippen LogP) is 1.17. The van der Waals surface area contributed by atoms with Gasteiger partial charge in [0.05, 0.1) is 12.6 Å². The Bertz CT molecular complexity index is 792. The summed E-state index contributed by atoms with van der Waals surface area (Å²) in [5.74, 6) is -0.763. The molecule has 0 spiro atoms. The van der Waals surface area contributed by atoms with Crippen molar-refractivity contribution in [3.63, 3.8) is 0 Å². The van der Waals surface area contributed by atoms with Crippen molar-refractivity contribution >= 4 is 17.6 Å². The van der Waals surface area contributed by atoms with E-state index in [4.69, 9.17) is 4.74 Å². The Labute approximate surface area is 133 Å². The van der Waals surface area contributed by atoms with Crippen molar-refractivity contribution < 1.29 is 22.7 Å². The third kappa shape index (κ3) is 2.39. The van der Waals surface area contributed by atoms with E-state index in [-0.39, 0.29) is 17.8 Å². The van der Waals surface area contributed by atoms with Crippen LogP contribution in [0.1, 0.15) is 12.2 Å². The van der Waals surface area contributed by atoms with E-state index in [1.54, 1.807) is 11.0 Å².